The Kier molecular flexibility index (Phi) is 7.86. The van der Waals surface area contributed by atoms with Crippen LogP contribution in [0.3, 0.4) is 0 Å². The number of likely N-dealkylation sites (N-methyl/N-ethyl adjacent to an activating group) is 1. The average Bonchev–Trinajstić information content (AvgIpc) is 2.73. The van der Waals surface area contributed by atoms with Gasteiger partial charge in [0.05, 0.1) is 6.54 Å². The quantitative estimate of drug-likeness (QED) is 0.533. The number of hydrogen-bond acceptors (Lipinski definition) is 5. The SMILES string of the molecule is CNCC(=O)N[C@@H](CC1CCCC2CCCCC21)C(=O)NCc1ccc(N)nc1. The number of carbonyl (C=O) groups is 2. The number of nitrogens with zero attached hydrogens (tertiary/aromatic N) is 1. The second-order valence-electron chi connectivity index (χ2n) is 8.59. The molecule has 2 aliphatic rings. The van der Waals surface area contributed by atoms with Crippen LogP contribution in [0.1, 0.15) is 56.9 Å². The van der Waals surface area contributed by atoms with Gasteiger partial charge in [0.15, 0.2) is 0 Å². The molecule has 0 aliphatic heterocycles. The number of pyridine rings is 1. The van der Waals surface area contributed by atoms with E-state index in [0.717, 1.165) is 24.3 Å². The number of amides is 2. The van der Waals surface area contributed by atoms with Crippen LogP contribution in [0.5, 0.6) is 0 Å². The maximum atomic E-state index is 13.0. The van der Waals surface area contributed by atoms with Gasteiger partial charge in [-0.1, -0.05) is 44.6 Å². The van der Waals surface area contributed by atoms with Crippen LogP contribution in [0.25, 0.3) is 0 Å². The smallest absolute Gasteiger partial charge is 0.242 e. The molecule has 0 spiro atoms. The third-order valence-electron chi connectivity index (χ3n) is 6.57. The summed E-state index contributed by atoms with van der Waals surface area (Å²) < 4.78 is 0. The number of hydrogen-bond donors (Lipinski definition) is 4. The summed E-state index contributed by atoms with van der Waals surface area (Å²) in [7, 11) is 1.73. The predicted octanol–water partition coefficient (Wildman–Crippen LogP) is 1.98. The molecule has 29 heavy (non-hydrogen) atoms. The van der Waals surface area contributed by atoms with Crippen LogP contribution < -0.4 is 21.7 Å². The van der Waals surface area contributed by atoms with E-state index in [9.17, 15) is 9.59 Å². The molecule has 0 radical (unpaired) electrons. The van der Waals surface area contributed by atoms with Gasteiger partial charge in [-0.2, -0.15) is 0 Å². The van der Waals surface area contributed by atoms with Crippen molar-refractivity contribution in [2.45, 2.75) is 64.0 Å². The lowest BCUT2D eigenvalue weighted by atomic mass is 9.64. The molecule has 5 N–H and O–H groups in total. The van der Waals surface area contributed by atoms with Crippen molar-refractivity contribution in [3.63, 3.8) is 0 Å². The monoisotopic (exact) mass is 401 g/mol. The molecule has 4 atom stereocenters. The number of nitrogen functional groups attached to an aromatic ring is 1. The fraction of sp³-hybridized carbons (Fsp3) is 0.682. The maximum Gasteiger partial charge on any atom is 0.242 e. The van der Waals surface area contributed by atoms with E-state index in [1.807, 2.05) is 6.07 Å². The molecule has 0 bridgehead atoms. The minimum Gasteiger partial charge on any atom is -0.384 e. The number of anilines is 1. The van der Waals surface area contributed by atoms with Crippen molar-refractivity contribution >= 4 is 17.6 Å². The van der Waals surface area contributed by atoms with Gasteiger partial charge in [0.2, 0.25) is 11.8 Å². The van der Waals surface area contributed by atoms with E-state index in [4.69, 9.17) is 5.73 Å². The number of aromatic nitrogens is 1. The lowest BCUT2D eigenvalue weighted by Gasteiger charge is -2.42. The highest BCUT2D eigenvalue weighted by Gasteiger charge is 2.37. The van der Waals surface area contributed by atoms with E-state index in [2.05, 4.69) is 20.9 Å². The second-order valence-corrected chi connectivity index (χ2v) is 8.59. The van der Waals surface area contributed by atoms with Gasteiger partial charge in [-0.15, -0.1) is 0 Å². The number of rotatable bonds is 8. The van der Waals surface area contributed by atoms with Crippen LogP contribution in [0.2, 0.25) is 0 Å². The van der Waals surface area contributed by atoms with E-state index < -0.39 is 6.04 Å². The summed E-state index contributed by atoms with van der Waals surface area (Å²) in [5.41, 5.74) is 6.51. The van der Waals surface area contributed by atoms with Gasteiger partial charge in [-0.05, 0) is 49.3 Å². The highest BCUT2D eigenvalue weighted by molar-refractivity contribution is 5.88. The molecule has 0 aromatic carbocycles. The molecule has 2 saturated carbocycles. The zero-order chi connectivity index (χ0) is 20.6. The first-order valence-electron chi connectivity index (χ1n) is 11.0. The lowest BCUT2D eigenvalue weighted by molar-refractivity contribution is -0.129. The van der Waals surface area contributed by atoms with Crippen molar-refractivity contribution in [2.75, 3.05) is 19.3 Å². The predicted molar refractivity (Wildman–Crippen MR) is 114 cm³/mol. The Hall–Kier alpha value is -2.15. The Labute approximate surface area is 173 Å². The van der Waals surface area contributed by atoms with Gasteiger partial charge in [0.1, 0.15) is 11.9 Å². The number of nitrogens with one attached hydrogen (secondary N) is 3. The molecule has 3 unspecified atom stereocenters. The summed E-state index contributed by atoms with van der Waals surface area (Å²) in [5.74, 6) is 2.21. The fourth-order valence-corrected chi connectivity index (χ4v) is 5.16. The van der Waals surface area contributed by atoms with E-state index >= 15 is 0 Å². The summed E-state index contributed by atoms with van der Waals surface area (Å²) in [4.78, 5) is 29.2. The average molecular weight is 402 g/mol. The van der Waals surface area contributed by atoms with Crippen molar-refractivity contribution < 1.29 is 9.59 Å². The van der Waals surface area contributed by atoms with E-state index in [1.165, 1.54) is 38.5 Å². The van der Waals surface area contributed by atoms with E-state index in [-0.39, 0.29) is 18.4 Å². The number of nitrogens with two attached hydrogens (primary N) is 1. The van der Waals surface area contributed by atoms with Gasteiger partial charge < -0.3 is 21.7 Å². The minimum atomic E-state index is -0.497. The summed E-state index contributed by atoms with van der Waals surface area (Å²) >= 11 is 0. The van der Waals surface area contributed by atoms with Crippen molar-refractivity contribution in [3.8, 4) is 0 Å². The summed E-state index contributed by atoms with van der Waals surface area (Å²) in [6.45, 7) is 0.587. The van der Waals surface area contributed by atoms with Crippen LogP contribution in [-0.4, -0.2) is 36.4 Å². The first-order chi connectivity index (χ1) is 14.1. The second kappa shape index (κ2) is 10.6. The third-order valence-corrected chi connectivity index (χ3v) is 6.57. The highest BCUT2D eigenvalue weighted by Crippen LogP contribution is 2.45. The van der Waals surface area contributed by atoms with Crippen molar-refractivity contribution in [3.05, 3.63) is 23.9 Å². The van der Waals surface area contributed by atoms with Crippen LogP contribution in [0, 0.1) is 17.8 Å². The van der Waals surface area contributed by atoms with Crippen molar-refractivity contribution in [2.24, 2.45) is 17.8 Å². The molecule has 1 aromatic rings. The molecule has 1 aromatic heterocycles. The van der Waals surface area contributed by atoms with E-state index in [0.29, 0.717) is 24.2 Å². The van der Waals surface area contributed by atoms with E-state index in [1.54, 1.807) is 19.3 Å². The summed E-state index contributed by atoms with van der Waals surface area (Å²) in [6.07, 6.45) is 11.3. The Bertz CT molecular complexity index is 676. The molecule has 2 aliphatic carbocycles. The topological polar surface area (TPSA) is 109 Å². The third kappa shape index (κ3) is 6.16. The highest BCUT2D eigenvalue weighted by atomic mass is 16.2. The Morgan fingerprint density at radius 2 is 1.97 bits per heavy atom. The van der Waals surface area contributed by atoms with Crippen LogP contribution in [0.15, 0.2) is 18.3 Å². The zero-order valence-corrected chi connectivity index (χ0v) is 17.5. The molecule has 7 nitrogen and oxygen atoms in total. The largest absolute Gasteiger partial charge is 0.384 e. The van der Waals surface area contributed by atoms with Gasteiger partial charge in [-0.3, -0.25) is 9.59 Å². The number of fused-ring (bicyclic) bond motifs is 1. The summed E-state index contributed by atoms with van der Waals surface area (Å²) in [6, 6.07) is 3.08. The zero-order valence-electron chi connectivity index (χ0n) is 17.5. The lowest BCUT2D eigenvalue weighted by Crippen LogP contribution is -2.50. The Morgan fingerprint density at radius 3 is 2.72 bits per heavy atom. The fourth-order valence-electron chi connectivity index (χ4n) is 5.16. The molecule has 7 heteroatoms. The molecule has 0 saturated heterocycles. The van der Waals surface area contributed by atoms with Gasteiger partial charge in [0.25, 0.3) is 0 Å². The van der Waals surface area contributed by atoms with Crippen molar-refractivity contribution in [1.29, 1.82) is 0 Å². The van der Waals surface area contributed by atoms with Gasteiger partial charge in [-0.25, -0.2) is 4.98 Å². The first kappa shape index (κ1) is 21.6. The standard InChI is InChI=1S/C22H35N5O2/c1-24-14-21(28)27-19(22(29)26-13-15-9-10-20(23)25-12-15)11-17-7-4-6-16-5-2-3-8-18(16)17/h9-10,12,16-19,24H,2-8,11,13-14H2,1H3,(H2,23,25)(H,26,29)(H,27,28)/t16?,17?,18?,19-/m0/s1. The maximum absolute atomic E-state index is 13.0. The van der Waals surface area contributed by atoms with Crippen LogP contribution >= 0.6 is 0 Å². The molecule has 2 amide bonds. The first-order valence-corrected chi connectivity index (χ1v) is 11.0. The van der Waals surface area contributed by atoms with Gasteiger partial charge in [0, 0.05) is 12.7 Å². The van der Waals surface area contributed by atoms with Crippen LogP contribution in [-0.2, 0) is 16.1 Å². The molecule has 2 fully saturated rings. The van der Waals surface area contributed by atoms with Crippen LogP contribution in [0.4, 0.5) is 5.82 Å². The minimum absolute atomic E-state index is 0.121. The number of carbonyl (C=O) groups excluding carboxylic acids is 2. The molecular formula is C22H35N5O2. The molecule has 160 valence electrons. The molecule has 3 rings (SSSR count). The molecule has 1 heterocycles. The molecular weight excluding hydrogens is 366 g/mol. The normalized spacial score (nSPS) is 24.9. The van der Waals surface area contributed by atoms with Crippen molar-refractivity contribution in [1.82, 2.24) is 20.9 Å². The Morgan fingerprint density at radius 1 is 1.17 bits per heavy atom. The van der Waals surface area contributed by atoms with Gasteiger partial charge >= 0.3 is 0 Å². The summed E-state index contributed by atoms with van der Waals surface area (Å²) in [5, 5.41) is 8.79. The Balaban J connectivity index is 1.63.